The van der Waals surface area contributed by atoms with Gasteiger partial charge in [-0.2, -0.15) is 0 Å². The highest BCUT2D eigenvalue weighted by Crippen LogP contribution is 2.40. The van der Waals surface area contributed by atoms with Gasteiger partial charge < -0.3 is 15.2 Å². The minimum Gasteiger partial charge on any atom is -0.481 e. The number of benzene rings is 1. The Kier molecular flexibility index (Phi) is 3.47. The summed E-state index contributed by atoms with van der Waals surface area (Å²) >= 11 is 5.92. The number of hydrogen-bond acceptors (Lipinski definition) is 3. The highest BCUT2D eigenvalue weighted by atomic mass is 35.5. The van der Waals surface area contributed by atoms with Crippen molar-refractivity contribution in [3.05, 3.63) is 40.9 Å². The van der Waals surface area contributed by atoms with Crippen LogP contribution in [0.15, 0.2) is 30.4 Å². The summed E-state index contributed by atoms with van der Waals surface area (Å²) in [6.07, 6.45) is 2.45. The summed E-state index contributed by atoms with van der Waals surface area (Å²) in [5.41, 5.74) is 1.45. The van der Waals surface area contributed by atoms with E-state index < -0.39 is 30.0 Å². The van der Waals surface area contributed by atoms with Crippen molar-refractivity contribution < 1.29 is 19.4 Å². The number of carbonyl (C=O) groups excluding carboxylic acids is 1. The molecule has 0 radical (unpaired) electrons. The average molecular weight is 308 g/mol. The Hall–Kier alpha value is -1.85. The molecule has 1 saturated heterocycles. The highest BCUT2D eigenvalue weighted by Gasteiger charge is 2.53. The van der Waals surface area contributed by atoms with Crippen molar-refractivity contribution in [2.24, 2.45) is 11.8 Å². The molecule has 1 fully saturated rings. The molecular formula is C15H14ClNO4. The molecule has 0 saturated carbocycles. The number of nitrogens with one attached hydrogen (secondary N) is 1. The van der Waals surface area contributed by atoms with Crippen molar-refractivity contribution in [1.82, 2.24) is 0 Å². The molecule has 2 aliphatic rings. The molecule has 110 valence electrons. The van der Waals surface area contributed by atoms with E-state index in [9.17, 15) is 14.7 Å². The van der Waals surface area contributed by atoms with E-state index in [0.29, 0.717) is 10.7 Å². The van der Waals surface area contributed by atoms with Gasteiger partial charge in [-0.05, 0) is 24.6 Å². The van der Waals surface area contributed by atoms with Crippen LogP contribution < -0.4 is 5.32 Å². The van der Waals surface area contributed by atoms with Crippen molar-refractivity contribution in [3.8, 4) is 0 Å². The second-order valence-electron chi connectivity index (χ2n) is 5.29. The maximum atomic E-state index is 12.5. The van der Waals surface area contributed by atoms with Crippen LogP contribution in [0.3, 0.4) is 0 Å². The molecule has 1 amide bonds. The van der Waals surface area contributed by atoms with Crippen molar-refractivity contribution >= 4 is 29.2 Å². The molecule has 21 heavy (non-hydrogen) atoms. The van der Waals surface area contributed by atoms with Crippen LogP contribution in [0, 0.1) is 18.8 Å². The number of aliphatic carboxylic acids is 1. The van der Waals surface area contributed by atoms with Crippen LogP contribution >= 0.6 is 11.6 Å². The third-order valence-electron chi connectivity index (χ3n) is 3.94. The van der Waals surface area contributed by atoms with Gasteiger partial charge in [-0.3, -0.25) is 9.59 Å². The van der Waals surface area contributed by atoms with Gasteiger partial charge in [0.05, 0.1) is 18.1 Å². The minimum absolute atomic E-state index is 0.357. The highest BCUT2D eigenvalue weighted by molar-refractivity contribution is 6.31. The fourth-order valence-corrected chi connectivity index (χ4v) is 3.03. The minimum atomic E-state index is -1.02. The number of carboxylic acid groups (broad SMARTS) is 1. The molecule has 0 spiro atoms. The van der Waals surface area contributed by atoms with E-state index in [2.05, 4.69) is 5.32 Å². The molecule has 3 rings (SSSR count). The molecular weight excluding hydrogens is 294 g/mol. The predicted molar refractivity (Wildman–Crippen MR) is 77.2 cm³/mol. The SMILES string of the molecule is Cc1ccc(Cl)cc1NC(=O)[C@H]1[C@@H](C(=O)O)[C@@H]2C=C[C@H]1O2. The monoisotopic (exact) mass is 307 g/mol. The van der Waals surface area contributed by atoms with E-state index in [1.54, 1.807) is 30.4 Å². The van der Waals surface area contributed by atoms with Gasteiger partial charge in [0.2, 0.25) is 5.91 Å². The molecule has 6 heteroatoms. The maximum Gasteiger partial charge on any atom is 0.310 e. The van der Waals surface area contributed by atoms with E-state index in [4.69, 9.17) is 16.3 Å². The van der Waals surface area contributed by atoms with Gasteiger partial charge in [0.1, 0.15) is 5.92 Å². The molecule has 2 aliphatic heterocycles. The summed E-state index contributed by atoms with van der Waals surface area (Å²) in [5.74, 6) is -2.95. The number of aryl methyl sites for hydroxylation is 1. The van der Waals surface area contributed by atoms with E-state index in [-0.39, 0.29) is 5.91 Å². The number of carboxylic acids is 1. The molecule has 1 aromatic carbocycles. The summed E-state index contributed by atoms with van der Waals surface area (Å²) in [4.78, 5) is 23.8. The Labute approximate surface area is 126 Å². The third-order valence-corrected chi connectivity index (χ3v) is 4.18. The Morgan fingerprint density at radius 2 is 1.90 bits per heavy atom. The summed E-state index contributed by atoms with van der Waals surface area (Å²) in [6, 6.07) is 5.17. The molecule has 1 aromatic rings. The third kappa shape index (κ3) is 2.43. The number of rotatable bonds is 3. The predicted octanol–water partition coefficient (Wildman–Crippen LogP) is 2.24. The van der Waals surface area contributed by atoms with Gasteiger partial charge in [-0.15, -0.1) is 0 Å². The zero-order valence-corrected chi connectivity index (χ0v) is 12.0. The summed E-state index contributed by atoms with van der Waals surface area (Å²) in [6.45, 7) is 1.85. The summed E-state index contributed by atoms with van der Waals surface area (Å²) < 4.78 is 5.49. The standard InChI is InChI=1S/C15H14ClNO4/c1-7-2-3-8(16)6-9(7)17-14(18)12-10-4-5-11(21-10)13(12)15(19)20/h2-6,10-13H,1H3,(H,17,18)(H,19,20)/t10-,11+,12-,13+/m1/s1. The lowest BCUT2D eigenvalue weighted by Crippen LogP contribution is -2.39. The van der Waals surface area contributed by atoms with Crippen LogP contribution in [0.2, 0.25) is 5.02 Å². The topological polar surface area (TPSA) is 75.6 Å². The molecule has 0 aromatic heterocycles. The number of anilines is 1. The largest absolute Gasteiger partial charge is 0.481 e. The van der Waals surface area contributed by atoms with E-state index >= 15 is 0 Å². The Balaban J connectivity index is 1.83. The first-order chi connectivity index (χ1) is 9.97. The van der Waals surface area contributed by atoms with Gasteiger partial charge in [0.25, 0.3) is 0 Å². The smallest absolute Gasteiger partial charge is 0.310 e. The lowest BCUT2D eigenvalue weighted by atomic mass is 9.82. The van der Waals surface area contributed by atoms with Crippen molar-refractivity contribution in [3.63, 3.8) is 0 Å². The molecule has 2 N–H and O–H groups in total. The number of ether oxygens (including phenoxy) is 1. The summed E-state index contributed by atoms with van der Waals surface area (Å²) in [7, 11) is 0. The molecule has 0 unspecified atom stereocenters. The van der Waals surface area contributed by atoms with Crippen LogP contribution in [-0.4, -0.2) is 29.2 Å². The number of hydrogen-bond donors (Lipinski definition) is 2. The molecule has 4 atom stereocenters. The zero-order valence-electron chi connectivity index (χ0n) is 11.2. The normalized spacial score (nSPS) is 29.6. The fraction of sp³-hybridized carbons (Fsp3) is 0.333. The Morgan fingerprint density at radius 1 is 1.24 bits per heavy atom. The van der Waals surface area contributed by atoms with Gasteiger partial charge in [-0.1, -0.05) is 29.8 Å². The first-order valence-electron chi connectivity index (χ1n) is 6.61. The molecule has 2 heterocycles. The second kappa shape index (κ2) is 5.16. The molecule has 2 bridgehead atoms. The van der Waals surface area contributed by atoms with E-state index in [0.717, 1.165) is 5.56 Å². The molecule has 0 aliphatic carbocycles. The van der Waals surface area contributed by atoms with Crippen LogP contribution in [0.5, 0.6) is 0 Å². The van der Waals surface area contributed by atoms with Gasteiger partial charge >= 0.3 is 5.97 Å². The van der Waals surface area contributed by atoms with Crippen molar-refractivity contribution in [1.29, 1.82) is 0 Å². The van der Waals surface area contributed by atoms with Crippen LogP contribution in [0.4, 0.5) is 5.69 Å². The first-order valence-corrected chi connectivity index (χ1v) is 6.99. The number of halogens is 1. The van der Waals surface area contributed by atoms with Crippen LogP contribution in [0.25, 0.3) is 0 Å². The van der Waals surface area contributed by atoms with Crippen molar-refractivity contribution in [2.45, 2.75) is 19.1 Å². The first kappa shape index (κ1) is 14.1. The number of carbonyl (C=O) groups is 2. The lowest BCUT2D eigenvalue weighted by molar-refractivity contribution is -0.145. The summed E-state index contributed by atoms with van der Waals surface area (Å²) in [5, 5.41) is 12.6. The fourth-order valence-electron chi connectivity index (χ4n) is 2.86. The van der Waals surface area contributed by atoms with E-state index in [1.807, 2.05) is 6.92 Å². The quantitative estimate of drug-likeness (QED) is 0.840. The van der Waals surface area contributed by atoms with Crippen LogP contribution in [-0.2, 0) is 14.3 Å². The van der Waals surface area contributed by atoms with Gasteiger partial charge in [0, 0.05) is 10.7 Å². The average Bonchev–Trinajstić information content (AvgIpc) is 3.03. The van der Waals surface area contributed by atoms with Gasteiger partial charge in [0.15, 0.2) is 0 Å². The maximum absolute atomic E-state index is 12.5. The molecule has 5 nitrogen and oxygen atoms in total. The Bertz CT molecular complexity index is 643. The lowest BCUT2D eigenvalue weighted by Gasteiger charge is -2.21. The van der Waals surface area contributed by atoms with Crippen molar-refractivity contribution in [2.75, 3.05) is 5.32 Å². The number of amides is 1. The van der Waals surface area contributed by atoms with Gasteiger partial charge in [-0.25, -0.2) is 0 Å². The van der Waals surface area contributed by atoms with Crippen LogP contribution in [0.1, 0.15) is 5.56 Å². The second-order valence-corrected chi connectivity index (χ2v) is 5.72. The zero-order chi connectivity index (χ0) is 15.1. The van der Waals surface area contributed by atoms with E-state index in [1.165, 1.54) is 0 Å². The number of fused-ring (bicyclic) bond motifs is 2. The Morgan fingerprint density at radius 3 is 2.57 bits per heavy atom.